The van der Waals surface area contributed by atoms with E-state index < -0.39 is 17.6 Å². The summed E-state index contributed by atoms with van der Waals surface area (Å²) in [5.74, 6) is -2.20. The molecular weight excluding hydrogens is 330 g/mol. The van der Waals surface area contributed by atoms with Crippen molar-refractivity contribution in [2.24, 2.45) is 0 Å². The summed E-state index contributed by atoms with van der Waals surface area (Å²) >= 11 is 0. The zero-order valence-corrected chi connectivity index (χ0v) is 14.5. The lowest BCUT2D eigenvalue weighted by Crippen LogP contribution is -2.22. The molecule has 1 aliphatic carbocycles. The van der Waals surface area contributed by atoms with Crippen molar-refractivity contribution in [1.29, 1.82) is 0 Å². The van der Waals surface area contributed by atoms with E-state index in [0.29, 0.717) is 0 Å². The summed E-state index contributed by atoms with van der Waals surface area (Å²) in [7, 11) is 0. The van der Waals surface area contributed by atoms with Gasteiger partial charge in [-0.2, -0.15) is 0 Å². The Morgan fingerprint density at radius 2 is 1.62 bits per heavy atom. The van der Waals surface area contributed by atoms with E-state index in [2.05, 4.69) is 6.07 Å². The van der Waals surface area contributed by atoms with Crippen LogP contribution in [0.25, 0.3) is 0 Å². The third kappa shape index (κ3) is 2.88. The summed E-state index contributed by atoms with van der Waals surface area (Å²) in [5, 5.41) is 9.55. The molecule has 0 saturated heterocycles. The molecule has 1 aliphatic rings. The van der Waals surface area contributed by atoms with Gasteiger partial charge in [0.15, 0.2) is 0 Å². The summed E-state index contributed by atoms with van der Waals surface area (Å²) in [6, 6.07) is 18.0. The topological polar surface area (TPSA) is 20.2 Å². The van der Waals surface area contributed by atoms with Gasteiger partial charge >= 0.3 is 0 Å². The Balaban J connectivity index is 1.94. The molecule has 0 unspecified atom stereocenters. The van der Waals surface area contributed by atoms with Crippen LogP contribution in [0.4, 0.5) is 8.78 Å². The van der Waals surface area contributed by atoms with Gasteiger partial charge in [-0.3, -0.25) is 0 Å². The molecule has 3 heteroatoms. The summed E-state index contributed by atoms with van der Waals surface area (Å²) in [6.45, 7) is 2.03. The molecule has 3 aromatic rings. The van der Waals surface area contributed by atoms with Gasteiger partial charge in [-0.25, -0.2) is 8.78 Å². The number of hydrogen-bond acceptors (Lipinski definition) is 1. The highest BCUT2D eigenvalue weighted by Gasteiger charge is 2.35. The highest BCUT2D eigenvalue weighted by atomic mass is 19.1. The fourth-order valence-corrected chi connectivity index (χ4v) is 4.23. The minimum absolute atomic E-state index is 0.0139. The van der Waals surface area contributed by atoms with Gasteiger partial charge in [-0.15, -0.1) is 0 Å². The van der Waals surface area contributed by atoms with E-state index in [1.165, 1.54) is 0 Å². The van der Waals surface area contributed by atoms with Crippen molar-refractivity contribution in [3.8, 4) is 5.75 Å². The predicted molar refractivity (Wildman–Crippen MR) is 98.5 cm³/mol. The van der Waals surface area contributed by atoms with E-state index >= 15 is 0 Å². The molecule has 26 heavy (non-hydrogen) atoms. The van der Waals surface area contributed by atoms with Crippen molar-refractivity contribution < 1.29 is 13.9 Å². The van der Waals surface area contributed by atoms with Crippen LogP contribution in [0.5, 0.6) is 5.75 Å². The van der Waals surface area contributed by atoms with Gasteiger partial charge in [-0.1, -0.05) is 54.1 Å². The molecule has 0 aromatic heterocycles. The maximum Gasteiger partial charge on any atom is 0.133 e. The van der Waals surface area contributed by atoms with Crippen LogP contribution in [0.2, 0.25) is 0 Å². The van der Waals surface area contributed by atoms with Gasteiger partial charge in [0.25, 0.3) is 0 Å². The Kier molecular flexibility index (Phi) is 4.23. The van der Waals surface area contributed by atoms with Crippen LogP contribution in [-0.2, 0) is 6.42 Å². The second kappa shape index (κ2) is 6.56. The van der Waals surface area contributed by atoms with Crippen LogP contribution in [0.3, 0.4) is 0 Å². The average Bonchev–Trinajstić information content (AvgIpc) is 2.61. The van der Waals surface area contributed by atoms with Crippen molar-refractivity contribution in [2.75, 3.05) is 0 Å². The second-order valence-corrected chi connectivity index (χ2v) is 7.06. The molecule has 0 amide bonds. The molecule has 1 N–H and O–H groups in total. The molecule has 0 aliphatic heterocycles. The van der Waals surface area contributed by atoms with E-state index in [1.807, 2.05) is 49.4 Å². The number of aryl methyl sites for hydroxylation is 2. The van der Waals surface area contributed by atoms with E-state index in [0.717, 1.165) is 47.2 Å². The number of phenols is 1. The SMILES string of the molecule is Cc1ccc2c(c1)CC[C@H](c1ccccc1)[C@@H]2c1c(F)cc(O)cc1F. The van der Waals surface area contributed by atoms with Crippen molar-refractivity contribution in [2.45, 2.75) is 31.6 Å². The summed E-state index contributed by atoms with van der Waals surface area (Å²) in [4.78, 5) is 0. The molecule has 1 nitrogen and oxygen atoms in total. The van der Waals surface area contributed by atoms with Crippen LogP contribution in [-0.4, -0.2) is 5.11 Å². The van der Waals surface area contributed by atoms with Crippen LogP contribution >= 0.6 is 0 Å². The lowest BCUT2D eigenvalue weighted by Gasteiger charge is -2.35. The smallest absolute Gasteiger partial charge is 0.133 e. The predicted octanol–water partition coefficient (Wildman–Crippen LogP) is 5.84. The zero-order chi connectivity index (χ0) is 18.3. The van der Waals surface area contributed by atoms with Crippen LogP contribution in [0.1, 0.15) is 46.1 Å². The first kappa shape index (κ1) is 16.8. The third-order valence-corrected chi connectivity index (χ3v) is 5.36. The van der Waals surface area contributed by atoms with Crippen LogP contribution < -0.4 is 0 Å². The van der Waals surface area contributed by atoms with Gasteiger partial charge in [-0.05, 0) is 42.4 Å². The minimum Gasteiger partial charge on any atom is -0.508 e. The highest BCUT2D eigenvalue weighted by molar-refractivity contribution is 5.48. The summed E-state index contributed by atoms with van der Waals surface area (Å²) in [5.41, 5.74) is 4.39. The standard InChI is InChI=1S/C23H20F2O/c1-14-7-9-19-16(11-14)8-10-18(15-5-3-2-4-6-15)22(19)23-20(24)12-17(26)13-21(23)25/h2-7,9,11-13,18,22,26H,8,10H2,1H3/t18-,22+/m1/s1. The van der Waals surface area contributed by atoms with Crippen LogP contribution in [0.15, 0.2) is 60.7 Å². The average molecular weight is 350 g/mol. The van der Waals surface area contributed by atoms with Gasteiger partial charge in [0, 0.05) is 23.6 Å². The molecule has 4 rings (SSSR count). The molecule has 0 saturated carbocycles. The molecular formula is C23H20F2O. The lowest BCUT2D eigenvalue weighted by molar-refractivity contribution is 0.441. The minimum atomic E-state index is -0.693. The number of rotatable bonds is 2. The number of halogens is 2. The molecule has 0 heterocycles. The molecule has 0 bridgehead atoms. The second-order valence-electron chi connectivity index (χ2n) is 7.06. The Labute approximate surface area is 151 Å². The fourth-order valence-electron chi connectivity index (χ4n) is 4.23. The van der Waals surface area contributed by atoms with E-state index in [-0.39, 0.29) is 17.2 Å². The Morgan fingerprint density at radius 3 is 2.31 bits per heavy atom. The molecule has 3 aromatic carbocycles. The molecule has 0 radical (unpaired) electrons. The molecule has 0 spiro atoms. The van der Waals surface area contributed by atoms with Gasteiger partial charge in [0.05, 0.1) is 0 Å². The van der Waals surface area contributed by atoms with Gasteiger partial charge in [0.1, 0.15) is 17.4 Å². The first-order chi connectivity index (χ1) is 12.5. The highest BCUT2D eigenvalue weighted by Crippen LogP contribution is 2.48. The maximum absolute atomic E-state index is 14.8. The Bertz CT molecular complexity index is 927. The van der Waals surface area contributed by atoms with E-state index in [9.17, 15) is 13.9 Å². The van der Waals surface area contributed by atoms with Crippen molar-refractivity contribution >= 4 is 0 Å². The molecule has 0 fully saturated rings. The normalized spacial score (nSPS) is 19.2. The van der Waals surface area contributed by atoms with Crippen molar-refractivity contribution in [3.05, 3.63) is 100 Å². The Hall–Kier alpha value is -2.68. The number of hydrogen-bond donors (Lipinski definition) is 1. The van der Waals surface area contributed by atoms with Crippen molar-refractivity contribution in [1.82, 2.24) is 0 Å². The fraction of sp³-hybridized carbons (Fsp3) is 0.217. The molecule has 132 valence electrons. The monoisotopic (exact) mass is 350 g/mol. The number of phenolic OH excluding ortho intramolecular Hbond substituents is 1. The summed E-state index contributed by atoms with van der Waals surface area (Å²) < 4.78 is 29.5. The lowest BCUT2D eigenvalue weighted by atomic mass is 9.69. The van der Waals surface area contributed by atoms with Crippen LogP contribution in [0, 0.1) is 18.6 Å². The largest absolute Gasteiger partial charge is 0.508 e. The number of aromatic hydroxyl groups is 1. The van der Waals surface area contributed by atoms with E-state index in [4.69, 9.17) is 0 Å². The van der Waals surface area contributed by atoms with Gasteiger partial charge < -0.3 is 5.11 Å². The summed E-state index contributed by atoms with van der Waals surface area (Å²) in [6.07, 6.45) is 1.71. The maximum atomic E-state index is 14.8. The third-order valence-electron chi connectivity index (χ3n) is 5.36. The number of fused-ring (bicyclic) bond motifs is 1. The first-order valence-electron chi connectivity index (χ1n) is 8.87. The zero-order valence-electron chi connectivity index (χ0n) is 14.5. The molecule has 2 atom stereocenters. The van der Waals surface area contributed by atoms with E-state index in [1.54, 1.807) is 0 Å². The number of benzene rings is 3. The Morgan fingerprint density at radius 1 is 0.923 bits per heavy atom. The van der Waals surface area contributed by atoms with Crippen molar-refractivity contribution in [3.63, 3.8) is 0 Å². The quantitative estimate of drug-likeness (QED) is 0.615. The first-order valence-corrected chi connectivity index (χ1v) is 8.87. The van der Waals surface area contributed by atoms with Gasteiger partial charge in [0.2, 0.25) is 0 Å².